The molecule has 1 aliphatic heterocycles. The maximum atomic E-state index is 12.8. The van der Waals surface area contributed by atoms with Gasteiger partial charge in [-0.15, -0.1) is 0 Å². The number of fused-ring (bicyclic) bond motifs is 3. The molecular formula is C13H11F3N4O2. The lowest BCUT2D eigenvalue weighted by molar-refractivity contribution is -0.141. The largest absolute Gasteiger partial charge is 0.465 e. The molecular weight excluding hydrogens is 301 g/mol. The van der Waals surface area contributed by atoms with Gasteiger partial charge in [-0.2, -0.15) is 18.3 Å². The molecule has 116 valence electrons. The molecule has 22 heavy (non-hydrogen) atoms. The van der Waals surface area contributed by atoms with Crippen molar-refractivity contribution in [3.8, 4) is 5.69 Å². The summed E-state index contributed by atoms with van der Waals surface area (Å²) in [6.07, 6.45) is -5.77. The Morgan fingerprint density at radius 1 is 1.41 bits per heavy atom. The van der Waals surface area contributed by atoms with E-state index in [1.54, 1.807) is 30.1 Å². The van der Waals surface area contributed by atoms with Crippen LogP contribution in [0.4, 0.5) is 29.3 Å². The van der Waals surface area contributed by atoms with Crippen LogP contribution in [0.2, 0.25) is 0 Å². The predicted molar refractivity (Wildman–Crippen MR) is 72.3 cm³/mol. The van der Waals surface area contributed by atoms with Crippen molar-refractivity contribution in [3.63, 3.8) is 0 Å². The van der Waals surface area contributed by atoms with Crippen LogP contribution in [0.5, 0.6) is 0 Å². The zero-order valence-corrected chi connectivity index (χ0v) is 11.3. The number of hydrogen-bond donors (Lipinski definition) is 2. The Hall–Kier alpha value is -2.71. The summed E-state index contributed by atoms with van der Waals surface area (Å²) in [6, 6.07) is 5.69. The number of carbonyl (C=O) groups is 1. The van der Waals surface area contributed by atoms with Crippen LogP contribution in [0.1, 0.15) is 11.4 Å². The number of nitrogens with one attached hydrogen (secondary N) is 1. The molecule has 3 rings (SSSR count). The van der Waals surface area contributed by atoms with E-state index in [0.717, 1.165) is 6.07 Å². The third-order valence-corrected chi connectivity index (χ3v) is 3.34. The summed E-state index contributed by atoms with van der Waals surface area (Å²) in [4.78, 5) is 12.5. The maximum Gasteiger partial charge on any atom is 0.435 e. The summed E-state index contributed by atoms with van der Waals surface area (Å²) >= 11 is 0. The van der Waals surface area contributed by atoms with Gasteiger partial charge in [-0.3, -0.25) is 5.32 Å². The SMILES string of the molecule is CN1Cc2cc(C(F)(F)F)nn2-c2cccc(NC(=O)O)c21. The minimum atomic E-state index is -4.53. The van der Waals surface area contributed by atoms with Gasteiger partial charge >= 0.3 is 12.3 Å². The Morgan fingerprint density at radius 2 is 2.14 bits per heavy atom. The molecule has 1 aromatic heterocycles. The second-order valence-electron chi connectivity index (χ2n) is 4.89. The van der Waals surface area contributed by atoms with E-state index in [2.05, 4.69) is 10.4 Å². The second-order valence-corrected chi connectivity index (χ2v) is 4.89. The van der Waals surface area contributed by atoms with E-state index in [9.17, 15) is 18.0 Å². The van der Waals surface area contributed by atoms with Gasteiger partial charge in [-0.25, -0.2) is 9.48 Å². The first kappa shape index (κ1) is 14.2. The van der Waals surface area contributed by atoms with Gasteiger partial charge in [0, 0.05) is 7.05 Å². The highest BCUT2D eigenvalue weighted by Gasteiger charge is 2.36. The lowest BCUT2D eigenvalue weighted by atomic mass is 10.1. The number of benzene rings is 1. The molecule has 9 heteroatoms. The summed E-state index contributed by atoms with van der Waals surface area (Å²) in [6.45, 7) is 0.189. The Labute approximate surface area is 122 Å². The summed E-state index contributed by atoms with van der Waals surface area (Å²) in [5.74, 6) is 0. The Bertz CT molecular complexity index is 754. The molecule has 0 atom stereocenters. The van der Waals surface area contributed by atoms with Crippen LogP contribution in [-0.2, 0) is 12.7 Å². The van der Waals surface area contributed by atoms with Crippen molar-refractivity contribution in [2.24, 2.45) is 0 Å². The smallest absolute Gasteiger partial charge is 0.435 e. The maximum absolute atomic E-state index is 12.8. The van der Waals surface area contributed by atoms with E-state index in [4.69, 9.17) is 5.11 Å². The molecule has 1 aliphatic rings. The van der Waals surface area contributed by atoms with Crippen LogP contribution in [0.3, 0.4) is 0 Å². The van der Waals surface area contributed by atoms with Gasteiger partial charge in [0.1, 0.15) is 0 Å². The van der Waals surface area contributed by atoms with Gasteiger partial charge in [0.05, 0.1) is 29.3 Å². The number of hydrogen-bond acceptors (Lipinski definition) is 3. The number of amides is 1. The van der Waals surface area contributed by atoms with Crippen molar-refractivity contribution in [1.82, 2.24) is 9.78 Å². The van der Waals surface area contributed by atoms with E-state index in [-0.39, 0.29) is 6.54 Å². The number of halogens is 3. The quantitative estimate of drug-likeness (QED) is 0.849. The zero-order valence-electron chi connectivity index (χ0n) is 11.3. The van der Waals surface area contributed by atoms with Gasteiger partial charge in [-0.1, -0.05) is 6.07 Å². The highest BCUT2D eigenvalue weighted by atomic mass is 19.4. The molecule has 0 saturated carbocycles. The fourth-order valence-corrected chi connectivity index (χ4v) is 2.52. The molecule has 6 nitrogen and oxygen atoms in total. The number of anilines is 2. The monoisotopic (exact) mass is 312 g/mol. The lowest BCUT2D eigenvalue weighted by Crippen LogP contribution is -2.27. The molecule has 1 aromatic carbocycles. The van der Waals surface area contributed by atoms with E-state index >= 15 is 0 Å². The summed E-state index contributed by atoms with van der Waals surface area (Å²) in [5, 5.41) is 14.7. The summed E-state index contributed by atoms with van der Waals surface area (Å²) in [7, 11) is 1.68. The van der Waals surface area contributed by atoms with E-state index in [0.29, 0.717) is 22.8 Å². The minimum Gasteiger partial charge on any atom is -0.465 e. The van der Waals surface area contributed by atoms with Gasteiger partial charge in [0.2, 0.25) is 0 Å². The van der Waals surface area contributed by atoms with Gasteiger partial charge in [0.25, 0.3) is 0 Å². The van der Waals surface area contributed by atoms with Crippen molar-refractivity contribution < 1.29 is 23.1 Å². The van der Waals surface area contributed by atoms with E-state index in [1.807, 2.05) is 0 Å². The van der Waals surface area contributed by atoms with E-state index in [1.165, 1.54) is 4.68 Å². The van der Waals surface area contributed by atoms with Gasteiger partial charge in [0.15, 0.2) is 5.69 Å². The summed E-state index contributed by atoms with van der Waals surface area (Å²) < 4.78 is 39.7. The van der Waals surface area contributed by atoms with E-state index < -0.39 is 18.0 Å². The van der Waals surface area contributed by atoms with Gasteiger partial charge < -0.3 is 10.0 Å². The first-order chi connectivity index (χ1) is 10.3. The van der Waals surface area contributed by atoms with Crippen LogP contribution >= 0.6 is 0 Å². The first-order valence-electron chi connectivity index (χ1n) is 6.28. The van der Waals surface area contributed by atoms with Crippen molar-refractivity contribution in [3.05, 3.63) is 35.7 Å². The standard InChI is InChI=1S/C13H11F3N4O2/c1-19-6-7-5-10(13(14,15)16)18-20(7)9-4-2-3-8(11(9)19)17-12(21)22/h2-5,17H,6H2,1H3,(H,21,22). The molecule has 0 bridgehead atoms. The van der Waals surface area contributed by atoms with Crippen LogP contribution in [0, 0.1) is 0 Å². The average Bonchev–Trinajstić information content (AvgIpc) is 2.82. The highest BCUT2D eigenvalue weighted by molar-refractivity contribution is 5.91. The Morgan fingerprint density at radius 3 is 2.77 bits per heavy atom. The molecule has 2 heterocycles. The number of carboxylic acid groups (broad SMARTS) is 1. The van der Waals surface area contributed by atoms with Crippen molar-refractivity contribution in [1.29, 1.82) is 0 Å². The fraction of sp³-hybridized carbons (Fsp3) is 0.231. The molecule has 0 unspecified atom stereocenters. The molecule has 0 radical (unpaired) electrons. The molecule has 1 amide bonds. The third kappa shape index (κ3) is 2.24. The topological polar surface area (TPSA) is 70.4 Å². The van der Waals surface area contributed by atoms with Crippen molar-refractivity contribution in [2.75, 3.05) is 17.3 Å². The molecule has 0 saturated heterocycles. The highest BCUT2D eigenvalue weighted by Crippen LogP contribution is 2.39. The average molecular weight is 312 g/mol. The third-order valence-electron chi connectivity index (χ3n) is 3.34. The van der Waals surface area contributed by atoms with Crippen LogP contribution < -0.4 is 10.2 Å². The minimum absolute atomic E-state index is 0.189. The number of aromatic nitrogens is 2. The zero-order chi connectivity index (χ0) is 16.1. The number of nitrogens with zero attached hydrogens (tertiary/aromatic N) is 3. The van der Waals surface area contributed by atoms with Crippen molar-refractivity contribution >= 4 is 17.5 Å². The predicted octanol–water partition coefficient (Wildman–Crippen LogP) is 2.93. The molecule has 0 spiro atoms. The second kappa shape index (κ2) is 4.65. The number of para-hydroxylation sites is 1. The molecule has 2 aromatic rings. The van der Waals surface area contributed by atoms with Gasteiger partial charge in [-0.05, 0) is 18.2 Å². The number of alkyl halides is 3. The van der Waals surface area contributed by atoms with Crippen LogP contribution in [0.25, 0.3) is 5.69 Å². The lowest BCUT2D eigenvalue weighted by Gasteiger charge is -2.30. The molecule has 0 fully saturated rings. The Kier molecular flexibility index (Phi) is 3.01. The molecule has 0 aliphatic carbocycles. The van der Waals surface area contributed by atoms with Crippen LogP contribution in [-0.4, -0.2) is 28.0 Å². The summed E-state index contributed by atoms with van der Waals surface area (Å²) in [5.41, 5.74) is 0.581. The Balaban J connectivity index is 2.17. The first-order valence-corrected chi connectivity index (χ1v) is 6.28. The van der Waals surface area contributed by atoms with Crippen molar-refractivity contribution in [2.45, 2.75) is 12.7 Å². The normalized spacial score (nSPS) is 13.5. The van der Waals surface area contributed by atoms with Crippen LogP contribution in [0.15, 0.2) is 24.3 Å². The fourth-order valence-electron chi connectivity index (χ4n) is 2.52. The number of rotatable bonds is 1. The molecule has 2 N–H and O–H groups in total.